The second-order valence-corrected chi connectivity index (χ2v) is 2.78. The minimum Gasteiger partial charge on any atom is -0.458 e. The number of ether oxygens (including phenoxy) is 1. The lowest BCUT2D eigenvalue weighted by Crippen LogP contribution is -2.07. The lowest BCUT2D eigenvalue weighted by atomic mass is 10.1. The molecule has 0 aliphatic carbocycles. The van der Waals surface area contributed by atoms with E-state index in [9.17, 15) is 4.79 Å². The Balaban J connectivity index is 2.59. The fourth-order valence-corrected chi connectivity index (χ4v) is 1.03. The van der Waals surface area contributed by atoms with E-state index in [4.69, 9.17) is 4.74 Å². The maximum absolute atomic E-state index is 10.9. The van der Waals surface area contributed by atoms with Crippen molar-refractivity contribution in [3.05, 3.63) is 42.3 Å². The summed E-state index contributed by atoms with van der Waals surface area (Å²) in [5, 5.41) is 0. The van der Waals surface area contributed by atoms with Crippen molar-refractivity contribution in [2.75, 3.05) is 0 Å². The van der Waals surface area contributed by atoms with Gasteiger partial charge in [-0.15, -0.1) is 0 Å². The van der Waals surface area contributed by atoms with Gasteiger partial charge in [0, 0.05) is 0 Å². The first-order valence-electron chi connectivity index (χ1n) is 4.29. The maximum Gasteiger partial charge on any atom is 0.310 e. The highest BCUT2D eigenvalue weighted by Crippen LogP contribution is 2.15. The van der Waals surface area contributed by atoms with Crippen LogP contribution in [0.5, 0.6) is 0 Å². The van der Waals surface area contributed by atoms with Gasteiger partial charge in [0.2, 0.25) is 0 Å². The number of hydrogen-bond acceptors (Lipinski definition) is 2. The van der Waals surface area contributed by atoms with Crippen molar-refractivity contribution in [1.82, 2.24) is 0 Å². The van der Waals surface area contributed by atoms with Crippen LogP contribution in [-0.4, -0.2) is 5.97 Å². The van der Waals surface area contributed by atoms with Crippen molar-refractivity contribution in [1.29, 1.82) is 0 Å². The Hall–Kier alpha value is -1.31. The molecule has 0 spiro atoms. The first-order chi connectivity index (χ1) is 6.24. The summed E-state index contributed by atoms with van der Waals surface area (Å²) in [6, 6.07) is 9.66. The average Bonchev–Trinajstić information content (AvgIpc) is 2.19. The van der Waals surface area contributed by atoms with E-state index in [1.165, 1.54) is 6.42 Å². The van der Waals surface area contributed by atoms with Crippen LogP contribution in [0.3, 0.4) is 0 Å². The lowest BCUT2D eigenvalue weighted by Gasteiger charge is -2.12. The van der Waals surface area contributed by atoms with Gasteiger partial charge in [-0.3, -0.25) is 4.79 Å². The third-order valence-electron chi connectivity index (χ3n) is 1.80. The predicted octanol–water partition coefficient (Wildman–Crippen LogP) is 2.51. The summed E-state index contributed by atoms with van der Waals surface area (Å²) in [5.74, 6) is -0.281. The summed E-state index contributed by atoms with van der Waals surface area (Å²) in [5.41, 5.74) is 1.01. The second kappa shape index (κ2) is 4.65. The van der Waals surface area contributed by atoms with Crippen molar-refractivity contribution < 1.29 is 9.53 Å². The van der Waals surface area contributed by atoms with Gasteiger partial charge in [0.05, 0.1) is 6.42 Å². The highest BCUT2D eigenvalue weighted by Gasteiger charge is 2.08. The Kier molecular flexibility index (Phi) is 3.50. The van der Waals surface area contributed by atoms with Crippen molar-refractivity contribution in [3.8, 4) is 0 Å². The molecule has 0 aliphatic heterocycles. The molecule has 1 atom stereocenters. The number of rotatable bonds is 3. The molecule has 1 radical (unpaired) electrons. The molecule has 0 bridgehead atoms. The van der Waals surface area contributed by atoms with Gasteiger partial charge < -0.3 is 4.74 Å². The molecule has 69 valence electrons. The molecule has 1 unspecified atom stereocenters. The van der Waals surface area contributed by atoms with Gasteiger partial charge >= 0.3 is 5.97 Å². The van der Waals surface area contributed by atoms with E-state index >= 15 is 0 Å². The van der Waals surface area contributed by atoms with Crippen LogP contribution in [0.15, 0.2) is 30.3 Å². The maximum atomic E-state index is 10.9. The van der Waals surface area contributed by atoms with Gasteiger partial charge in [-0.2, -0.15) is 0 Å². The molecule has 2 nitrogen and oxygen atoms in total. The topological polar surface area (TPSA) is 26.3 Å². The molecule has 0 saturated carbocycles. The fraction of sp³-hybridized carbons (Fsp3) is 0.273. The Morgan fingerprint density at radius 2 is 2.00 bits per heavy atom. The smallest absolute Gasteiger partial charge is 0.310 e. The van der Waals surface area contributed by atoms with Crippen LogP contribution < -0.4 is 0 Å². The molecule has 0 amide bonds. The zero-order valence-electron chi connectivity index (χ0n) is 7.86. The Labute approximate surface area is 78.5 Å². The summed E-state index contributed by atoms with van der Waals surface area (Å²) in [7, 11) is 0. The number of carbonyl (C=O) groups is 1. The first-order valence-corrected chi connectivity index (χ1v) is 4.29. The van der Waals surface area contributed by atoms with E-state index in [0.717, 1.165) is 5.56 Å². The van der Waals surface area contributed by atoms with Gasteiger partial charge in [0.25, 0.3) is 0 Å². The van der Waals surface area contributed by atoms with Crippen molar-refractivity contribution in [2.45, 2.75) is 20.0 Å². The average molecular weight is 177 g/mol. The summed E-state index contributed by atoms with van der Waals surface area (Å²) >= 11 is 0. The zero-order chi connectivity index (χ0) is 9.68. The summed E-state index contributed by atoms with van der Waals surface area (Å²) in [4.78, 5) is 10.9. The third-order valence-corrected chi connectivity index (χ3v) is 1.80. The molecule has 0 aromatic heterocycles. The Morgan fingerprint density at radius 3 is 2.54 bits per heavy atom. The normalized spacial score (nSPS) is 12.2. The molecule has 0 heterocycles. The fourth-order valence-electron chi connectivity index (χ4n) is 1.03. The van der Waals surface area contributed by atoms with Crippen molar-refractivity contribution >= 4 is 5.97 Å². The van der Waals surface area contributed by atoms with Crippen LogP contribution in [0.2, 0.25) is 0 Å². The van der Waals surface area contributed by atoms with Crippen LogP contribution >= 0.6 is 0 Å². The van der Waals surface area contributed by atoms with E-state index in [0.29, 0.717) is 0 Å². The van der Waals surface area contributed by atoms with E-state index < -0.39 is 0 Å². The van der Waals surface area contributed by atoms with Crippen molar-refractivity contribution in [3.63, 3.8) is 0 Å². The summed E-state index contributed by atoms with van der Waals surface area (Å²) in [6.45, 7) is 3.52. The zero-order valence-corrected chi connectivity index (χ0v) is 7.86. The molecule has 0 fully saturated rings. The highest BCUT2D eigenvalue weighted by atomic mass is 16.5. The molecule has 13 heavy (non-hydrogen) atoms. The number of esters is 1. The van der Waals surface area contributed by atoms with Crippen LogP contribution in [0.4, 0.5) is 0 Å². The second-order valence-electron chi connectivity index (χ2n) is 2.78. The van der Waals surface area contributed by atoms with Gasteiger partial charge in [-0.1, -0.05) is 37.3 Å². The standard InChI is InChI=1S/C11H13O2/c1-3-11(12)13-9(2)10-7-5-4-6-8-10/h3-9H,1-2H3. The molecule has 1 rings (SSSR count). The molecular weight excluding hydrogens is 164 g/mol. The predicted molar refractivity (Wildman–Crippen MR) is 50.9 cm³/mol. The molecular formula is C11H13O2. The van der Waals surface area contributed by atoms with Crippen molar-refractivity contribution in [2.24, 2.45) is 0 Å². The van der Waals surface area contributed by atoms with E-state index in [-0.39, 0.29) is 12.1 Å². The SMILES string of the molecule is C[CH]C(=O)OC(C)c1ccccc1. The van der Waals surface area contributed by atoms with Gasteiger partial charge in [-0.25, -0.2) is 0 Å². The van der Waals surface area contributed by atoms with E-state index in [2.05, 4.69) is 0 Å². The van der Waals surface area contributed by atoms with Crippen LogP contribution in [0.25, 0.3) is 0 Å². The number of benzene rings is 1. The van der Waals surface area contributed by atoms with Gasteiger partial charge in [0.15, 0.2) is 0 Å². The Morgan fingerprint density at radius 1 is 1.38 bits per heavy atom. The molecule has 0 saturated heterocycles. The lowest BCUT2D eigenvalue weighted by molar-refractivity contribution is -0.144. The third kappa shape index (κ3) is 2.90. The van der Waals surface area contributed by atoms with E-state index in [1.807, 2.05) is 37.3 Å². The minimum atomic E-state index is -0.281. The molecule has 2 heteroatoms. The van der Waals surface area contributed by atoms with Gasteiger partial charge in [-0.05, 0) is 12.5 Å². The Bertz CT molecular complexity index is 267. The monoisotopic (exact) mass is 177 g/mol. The number of carbonyl (C=O) groups excluding carboxylic acids is 1. The molecule has 0 N–H and O–H groups in total. The molecule has 1 aromatic carbocycles. The van der Waals surface area contributed by atoms with Crippen LogP contribution in [-0.2, 0) is 9.53 Å². The quantitative estimate of drug-likeness (QED) is 0.663. The first kappa shape index (κ1) is 9.78. The van der Waals surface area contributed by atoms with Gasteiger partial charge in [0.1, 0.15) is 6.10 Å². The summed E-state index contributed by atoms with van der Waals surface area (Å²) in [6.07, 6.45) is 1.24. The largest absolute Gasteiger partial charge is 0.458 e. The molecule has 0 aliphatic rings. The summed E-state index contributed by atoms with van der Waals surface area (Å²) < 4.78 is 5.09. The minimum absolute atomic E-state index is 0.176. The highest BCUT2D eigenvalue weighted by molar-refractivity contribution is 5.78. The number of hydrogen-bond donors (Lipinski definition) is 0. The van der Waals surface area contributed by atoms with Crippen LogP contribution in [0.1, 0.15) is 25.5 Å². The van der Waals surface area contributed by atoms with E-state index in [1.54, 1.807) is 6.92 Å². The van der Waals surface area contributed by atoms with Crippen LogP contribution in [0, 0.1) is 6.42 Å². The molecule has 1 aromatic rings.